The quantitative estimate of drug-likeness (QED) is 0.732. The number of fused-ring (bicyclic) bond motifs is 1. The fourth-order valence-corrected chi connectivity index (χ4v) is 3.53. The number of hydrogen-bond acceptors (Lipinski definition) is 4. The normalized spacial score (nSPS) is 39.3. The predicted octanol–water partition coefficient (Wildman–Crippen LogP) is -0.491. The Morgan fingerprint density at radius 3 is 2.65 bits per heavy atom. The van der Waals surface area contributed by atoms with E-state index in [4.69, 9.17) is 4.74 Å². The maximum absolute atomic E-state index is 12.2. The molecular weight excluding hydrogens is 260 g/mol. The van der Waals surface area contributed by atoms with Crippen molar-refractivity contribution in [1.82, 2.24) is 10.2 Å². The molecule has 0 aromatic carbocycles. The first-order valence-electron chi connectivity index (χ1n) is 7.39. The smallest absolute Gasteiger partial charge is 0.225 e. The Morgan fingerprint density at radius 1 is 1.30 bits per heavy atom. The topological polar surface area (TPSA) is 78.9 Å². The van der Waals surface area contributed by atoms with Crippen LogP contribution in [0.3, 0.4) is 0 Å². The summed E-state index contributed by atoms with van der Waals surface area (Å²) in [6, 6.07) is 0. The molecule has 6 nitrogen and oxygen atoms in total. The Hall–Kier alpha value is -1.14. The third-order valence-electron chi connectivity index (χ3n) is 4.78. The zero-order valence-electron chi connectivity index (χ0n) is 11.7. The Kier molecular flexibility index (Phi) is 3.69. The molecule has 6 heteroatoms. The van der Waals surface area contributed by atoms with Crippen molar-refractivity contribution in [2.45, 2.75) is 44.0 Å². The number of amides is 2. The number of aliphatic hydroxyl groups excluding tert-OH is 1. The number of rotatable bonds is 3. The monoisotopic (exact) mass is 282 g/mol. The molecule has 0 aromatic rings. The predicted molar refractivity (Wildman–Crippen MR) is 70.8 cm³/mol. The molecule has 20 heavy (non-hydrogen) atoms. The van der Waals surface area contributed by atoms with Crippen LogP contribution in [0.5, 0.6) is 0 Å². The van der Waals surface area contributed by atoms with Gasteiger partial charge in [0.05, 0.1) is 24.7 Å². The number of carbonyl (C=O) groups excluding carboxylic acids is 2. The lowest BCUT2D eigenvalue weighted by Crippen LogP contribution is -2.43. The number of nitrogens with one attached hydrogen (secondary N) is 1. The minimum absolute atomic E-state index is 0.00509. The fourth-order valence-electron chi connectivity index (χ4n) is 3.53. The fraction of sp³-hybridized carbons (Fsp3) is 0.857. The van der Waals surface area contributed by atoms with Crippen molar-refractivity contribution < 1.29 is 19.4 Å². The van der Waals surface area contributed by atoms with Crippen molar-refractivity contribution in [1.29, 1.82) is 0 Å². The van der Waals surface area contributed by atoms with Crippen LogP contribution in [0.25, 0.3) is 0 Å². The average molecular weight is 282 g/mol. The van der Waals surface area contributed by atoms with Crippen LogP contribution in [-0.2, 0) is 14.3 Å². The van der Waals surface area contributed by atoms with Gasteiger partial charge in [-0.25, -0.2) is 0 Å². The molecule has 3 aliphatic rings. The first-order valence-corrected chi connectivity index (χ1v) is 7.39. The lowest BCUT2D eigenvalue weighted by molar-refractivity contribution is -0.142. The molecule has 0 aromatic heterocycles. The highest BCUT2D eigenvalue weighted by Crippen LogP contribution is 2.37. The van der Waals surface area contributed by atoms with Crippen molar-refractivity contribution in [2.24, 2.45) is 11.8 Å². The first kappa shape index (κ1) is 13.8. The summed E-state index contributed by atoms with van der Waals surface area (Å²) >= 11 is 0. The number of aliphatic hydroxyl groups is 1. The van der Waals surface area contributed by atoms with Gasteiger partial charge in [-0.1, -0.05) is 0 Å². The summed E-state index contributed by atoms with van der Waals surface area (Å²) in [4.78, 5) is 25.4. The zero-order chi connectivity index (χ0) is 14.3. The van der Waals surface area contributed by atoms with Crippen molar-refractivity contribution in [3.05, 3.63) is 0 Å². The van der Waals surface area contributed by atoms with E-state index in [-0.39, 0.29) is 36.0 Å². The summed E-state index contributed by atoms with van der Waals surface area (Å²) in [5, 5.41) is 11.9. The largest absolute Gasteiger partial charge is 0.393 e. The molecule has 1 aliphatic carbocycles. The molecule has 0 radical (unpaired) electrons. The van der Waals surface area contributed by atoms with Gasteiger partial charge in [-0.3, -0.25) is 9.59 Å². The zero-order valence-corrected chi connectivity index (χ0v) is 11.7. The highest BCUT2D eigenvalue weighted by Gasteiger charge is 2.46. The first-order chi connectivity index (χ1) is 9.56. The minimum atomic E-state index is -0.292. The lowest BCUT2D eigenvalue weighted by atomic mass is 9.81. The van der Waals surface area contributed by atoms with Crippen LogP contribution in [0.1, 0.15) is 25.7 Å². The summed E-state index contributed by atoms with van der Waals surface area (Å²) in [5.74, 6) is 0.534. The average Bonchev–Trinajstić information content (AvgIpc) is 2.91. The third-order valence-corrected chi connectivity index (χ3v) is 4.78. The summed E-state index contributed by atoms with van der Waals surface area (Å²) in [6.45, 7) is 1.38. The van der Waals surface area contributed by atoms with Gasteiger partial charge in [-0.15, -0.1) is 0 Å². The van der Waals surface area contributed by atoms with E-state index in [1.807, 2.05) is 4.90 Å². The molecule has 3 rings (SSSR count). The molecular formula is C14H22N2O4. The van der Waals surface area contributed by atoms with Crippen LogP contribution >= 0.6 is 0 Å². The van der Waals surface area contributed by atoms with Crippen molar-refractivity contribution in [3.63, 3.8) is 0 Å². The van der Waals surface area contributed by atoms with E-state index in [0.717, 1.165) is 13.0 Å². The highest BCUT2D eigenvalue weighted by atomic mass is 16.5. The van der Waals surface area contributed by atoms with Gasteiger partial charge in [0, 0.05) is 32.0 Å². The van der Waals surface area contributed by atoms with Gasteiger partial charge in [-0.05, 0) is 19.3 Å². The van der Waals surface area contributed by atoms with E-state index in [2.05, 4.69) is 5.32 Å². The third kappa shape index (κ3) is 2.54. The standard InChI is InChI=1S/C14H22N2O4/c1-15-13(18)5-11-4-9-6-16(7-12(9)20-11)14(19)8-2-10(17)3-8/h8-12,17H,2-7H2,1H3,(H,15,18)/t8?,9-,10?,11-,12+/m0/s1. The van der Waals surface area contributed by atoms with Crippen LogP contribution in [0, 0.1) is 11.8 Å². The molecule has 3 atom stereocenters. The molecule has 112 valence electrons. The SMILES string of the molecule is CNC(=O)C[C@@H]1C[C@H]2CN(C(=O)C3CC(O)C3)C[C@H]2O1. The second-order valence-electron chi connectivity index (χ2n) is 6.23. The van der Waals surface area contributed by atoms with Crippen LogP contribution < -0.4 is 5.32 Å². The van der Waals surface area contributed by atoms with Gasteiger partial charge >= 0.3 is 0 Å². The summed E-state index contributed by atoms with van der Waals surface area (Å²) in [5.41, 5.74) is 0. The molecule has 2 N–H and O–H groups in total. The molecule has 3 fully saturated rings. The van der Waals surface area contributed by atoms with Crippen molar-refractivity contribution in [2.75, 3.05) is 20.1 Å². The minimum Gasteiger partial charge on any atom is -0.393 e. The van der Waals surface area contributed by atoms with Gasteiger partial charge in [-0.2, -0.15) is 0 Å². The lowest BCUT2D eigenvalue weighted by Gasteiger charge is -2.33. The molecule has 2 heterocycles. The van der Waals surface area contributed by atoms with Gasteiger partial charge in [0.15, 0.2) is 0 Å². The van der Waals surface area contributed by atoms with E-state index in [0.29, 0.717) is 31.7 Å². The van der Waals surface area contributed by atoms with Gasteiger partial charge in [0.1, 0.15) is 0 Å². The van der Waals surface area contributed by atoms with Gasteiger partial charge in [0.2, 0.25) is 11.8 Å². The summed E-state index contributed by atoms with van der Waals surface area (Å²) in [6.07, 6.45) is 2.25. The maximum atomic E-state index is 12.2. The van der Waals surface area contributed by atoms with E-state index < -0.39 is 0 Å². The van der Waals surface area contributed by atoms with Crippen molar-refractivity contribution in [3.8, 4) is 0 Å². The highest BCUT2D eigenvalue weighted by molar-refractivity contribution is 5.80. The van der Waals surface area contributed by atoms with Crippen LogP contribution in [-0.4, -0.2) is 60.3 Å². The Balaban J connectivity index is 1.48. The maximum Gasteiger partial charge on any atom is 0.225 e. The second-order valence-corrected chi connectivity index (χ2v) is 6.23. The second kappa shape index (κ2) is 5.33. The Labute approximate surface area is 118 Å². The van der Waals surface area contributed by atoms with E-state index in [9.17, 15) is 14.7 Å². The Bertz CT molecular complexity index is 394. The van der Waals surface area contributed by atoms with Crippen LogP contribution in [0.15, 0.2) is 0 Å². The summed E-state index contributed by atoms with van der Waals surface area (Å²) in [7, 11) is 1.63. The Morgan fingerprint density at radius 2 is 2.05 bits per heavy atom. The molecule has 2 amide bonds. The van der Waals surface area contributed by atoms with Gasteiger partial charge < -0.3 is 20.1 Å². The van der Waals surface area contributed by atoms with Crippen LogP contribution in [0.2, 0.25) is 0 Å². The van der Waals surface area contributed by atoms with E-state index in [1.165, 1.54) is 0 Å². The van der Waals surface area contributed by atoms with Gasteiger partial charge in [0.25, 0.3) is 0 Å². The van der Waals surface area contributed by atoms with Crippen molar-refractivity contribution >= 4 is 11.8 Å². The number of carbonyl (C=O) groups is 2. The molecule has 2 aliphatic heterocycles. The van der Waals surface area contributed by atoms with E-state index in [1.54, 1.807) is 7.05 Å². The number of ether oxygens (including phenoxy) is 1. The van der Waals surface area contributed by atoms with E-state index >= 15 is 0 Å². The molecule has 1 saturated carbocycles. The number of likely N-dealkylation sites (tertiary alicyclic amines) is 1. The van der Waals surface area contributed by atoms with Crippen LogP contribution in [0.4, 0.5) is 0 Å². The summed E-state index contributed by atoms with van der Waals surface area (Å²) < 4.78 is 5.89. The molecule has 0 spiro atoms. The molecule has 2 saturated heterocycles. The molecule has 0 unspecified atom stereocenters. The number of hydrogen-bond donors (Lipinski definition) is 2. The number of nitrogens with zero attached hydrogens (tertiary/aromatic N) is 1. The molecule has 0 bridgehead atoms.